The largest absolute Gasteiger partial charge is 0.0654 e. The van der Waals surface area contributed by atoms with E-state index in [0.29, 0.717) is 0 Å². The molecule has 0 bridgehead atoms. The third-order valence-corrected chi connectivity index (χ3v) is 5.51. The van der Waals surface area contributed by atoms with Crippen LogP contribution in [0, 0.1) is 20.8 Å². The lowest BCUT2D eigenvalue weighted by atomic mass is 9.88. The van der Waals surface area contributed by atoms with E-state index in [1.54, 1.807) is 5.56 Å². The first-order valence-corrected chi connectivity index (χ1v) is 9.64. The third kappa shape index (κ3) is 4.59. The van der Waals surface area contributed by atoms with E-state index < -0.39 is 0 Å². The first kappa shape index (κ1) is 18.0. The summed E-state index contributed by atoms with van der Waals surface area (Å²) in [5.74, 6) is 0. The standard InChI is InChI=1S/C23H34/c1-5-6-7-8-9-10-11-12-15-21-19(3)18(2)20(4)22-16-13-14-17-23(21)22/h13-14,16-17H,5-12,15H2,1-4H3. The number of hydrogen-bond donors (Lipinski definition) is 0. The average Bonchev–Trinajstić information content (AvgIpc) is 2.58. The molecule has 0 spiro atoms. The van der Waals surface area contributed by atoms with E-state index in [1.165, 1.54) is 85.3 Å². The zero-order valence-electron chi connectivity index (χ0n) is 15.7. The second-order valence-corrected chi connectivity index (χ2v) is 7.12. The van der Waals surface area contributed by atoms with Gasteiger partial charge in [-0.3, -0.25) is 0 Å². The maximum absolute atomic E-state index is 2.31. The van der Waals surface area contributed by atoms with Crippen LogP contribution in [0.2, 0.25) is 0 Å². The van der Waals surface area contributed by atoms with Gasteiger partial charge >= 0.3 is 0 Å². The molecule has 0 atom stereocenters. The fourth-order valence-electron chi connectivity index (χ4n) is 3.74. The molecule has 0 aliphatic carbocycles. The fourth-order valence-corrected chi connectivity index (χ4v) is 3.74. The zero-order valence-corrected chi connectivity index (χ0v) is 15.7. The van der Waals surface area contributed by atoms with Gasteiger partial charge in [-0.15, -0.1) is 0 Å². The SMILES string of the molecule is CCCCCCCCCCc1c(C)c(C)c(C)c2ccccc12. The molecule has 0 heteroatoms. The summed E-state index contributed by atoms with van der Waals surface area (Å²) in [7, 11) is 0. The van der Waals surface area contributed by atoms with Crippen molar-refractivity contribution in [1.82, 2.24) is 0 Å². The summed E-state index contributed by atoms with van der Waals surface area (Å²) in [6, 6.07) is 8.96. The first-order valence-electron chi connectivity index (χ1n) is 9.64. The molecule has 23 heavy (non-hydrogen) atoms. The Morgan fingerprint density at radius 1 is 0.609 bits per heavy atom. The molecule has 2 aromatic carbocycles. The van der Waals surface area contributed by atoms with E-state index in [1.807, 2.05) is 0 Å². The fraction of sp³-hybridized carbons (Fsp3) is 0.565. The van der Waals surface area contributed by atoms with E-state index in [4.69, 9.17) is 0 Å². The van der Waals surface area contributed by atoms with Crippen molar-refractivity contribution in [3.05, 3.63) is 46.5 Å². The van der Waals surface area contributed by atoms with Crippen LogP contribution in [0.5, 0.6) is 0 Å². The highest BCUT2D eigenvalue weighted by Gasteiger charge is 2.10. The van der Waals surface area contributed by atoms with Crippen molar-refractivity contribution in [2.45, 2.75) is 85.5 Å². The molecular weight excluding hydrogens is 276 g/mol. The van der Waals surface area contributed by atoms with Gasteiger partial charge in [0.1, 0.15) is 0 Å². The zero-order chi connectivity index (χ0) is 16.7. The molecule has 0 radical (unpaired) electrons. The van der Waals surface area contributed by atoms with E-state index >= 15 is 0 Å². The van der Waals surface area contributed by atoms with Gasteiger partial charge in [-0.2, -0.15) is 0 Å². The van der Waals surface area contributed by atoms with E-state index in [0.717, 1.165) is 0 Å². The topological polar surface area (TPSA) is 0 Å². The van der Waals surface area contributed by atoms with Crippen molar-refractivity contribution in [3.8, 4) is 0 Å². The van der Waals surface area contributed by atoms with Crippen LogP contribution in [0.3, 0.4) is 0 Å². The Labute approximate surface area is 143 Å². The van der Waals surface area contributed by atoms with Crippen LogP contribution in [-0.2, 0) is 6.42 Å². The van der Waals surface area contributed by atoms with Crippen molar-refractivity contribution in [2.75, 3.05) is 0 Å². The molecule has 0 amide bonds. The molecule has 0 aromatic heterocycles. The third-order valence-electron chi connectivity index (χ3n) is 5.51. The quantitative estimate of drug-likeness (QED) is 0.422. The first-order chi connectivity index (χ1) is 11.2. The van der Waals surface area contributed by atoms with Crippen molar-refractivity contribution in [2.24, 2.45) is 0 Å². The van der Waals surface area contributed by atoms with Crippen LogP contribution in [-0.4, -0.2) is 0 Å². The minimum atomic E-state index is 1.24. The second kappa shape index (κ2) is 9.11. The lowest BCUT2D eigenvalue weighted by Crippen LogP contribution is -1.98. The van der Waals surface area contributed by atoms with E-state index in [9.17, 15) is 0 Å². The average molecular weight is 311 g/mol. The summed E-state index contributed by atoms with van der Waals surface area (Å²) < 4.78 is 0. The molecule has 126 valence electrons. The van der Waals surface area contributed by atoms with Crippen molar-refractivity contribution in [3.63, 3.8) is 0 Å². The number of unbranched alkanes of at least 4 members (excludes halogenated alkanes) is 7. The van der Waals surface area contributed by atoms with Crippen LogP contribution in [0.25, 0.3) is 10.8 Å². The molecule has 0 N–H and O–H groups in total. The Bertz CT molecular complexity index is 621. The maximum Gasteiger partial charge on any atom is -0.0146 e. The van der Waals surface area contributed by atoms with Gasteiger partial charge < -0.3 is 0 Å². The molecular formula is C23H34. The highest BCUT2D eigenvalue weighted by atomic mass is 14.2. The Balaban J connectivity index is 1.95. The van der Waals surface area contributed by atoms with Crippen LogP contribution < -0.4 is 0 Å². The Morgan fingerprint density at radius 2 is 1.17 bits per heavy atom. The molecule has 0 aliphatic rings. The normalized spacial score (nSPS) is 11.3. The number of rotatable bonds is 9. The molecule has 0 fully saturated rings. The lowest BCUT2D eigenvalue weighted by Gasteiger charge is -2.16. The predicted molar refractivity (Wildman–Crippen MR) is 104 cm³/mol. The van der Waals surface area contributed by atoms with Gasteiger partial charge in [0.25, 0.3) is 0 Å². The lowest BCUT2D eigenvalue weighted by molar-refractivity contribution is 0.575. The summed E-state index contributed by atoms with van der Waals surface area (Å²) in [6.45, 7) is 9.16. The van der Waals surface area contributed by atoms with Crippen LogP contribution >= 0.6 is 0 Å². The van der Waals surface area contributed by atoms with Crippen LogP contribution in [0.15, 0.2) is 24.3 Å². The van der Waals surface area contributed by atoms with Crippen molar-refractivity contribution < 1.29 is 0 Å². The highest BCUT2D eigenvalue weighted by molar-refractivity contribution is 5.90. The minimum absolute atomic E-state index is 1.24. The molecule has 0 saturated carbocycles. The van der Waals surface area contributed by atoms with Gasteiger partial charge in [-0.05, 0) is 66.6 Å². The molecule has 2 rings (SSSR count). The summed E-state index contributed by atoms with van der Waals surface area (Å²) in [4.78, 5) is 0. The van der Waals surface area contributed by atoms with Gasteiger partial charge in [0.2, 0.25) is 0 Å². The number of hydrogen-bond acceptors (Lipinski definition) is 0. The Kier molecular flexibility index (Phi) is 7.15. The van der Waals surface area contributed by atoms with Gasteiger partial charge in [0.15, 0.2) is 0 Å². The van der Waals surface area contributed by atoms with Gasteiger partial charge in [0.05, 0.1) is 0 Å². The summed E-state index contributed by atoms with van der Waals surface area (Å²) in [5.41, 5.74) is 6.05. The van der Waals surface area contributed by atoms with Gasteiger partial charge in [-0.1, -0.05) is 76.1 Å². The summed E-state index contributed by atoms with van der Waals surface area (Å²) in [6.07, 6.45) is 12.4. The Hall–Kier alpha value is -1.30. The second-order valence-electron chi connectivity index (χ2n) is 7.12. The van der Waals surface area contributed by atoms with Crippen molar-refractivity contribution in [1.29, 1.82) is 0 Å². The molecule has 0 nitrogen and oxygen atoms in total. The molecule has 0 saturated heterocycles. The Morgan fingerprint density at radius 3 is 1.83 bits per heavy atom. The van der Waals surface area contributed by atoms with Crippen molar-refractivity contribution >= 4 is 10.8 Å². The summed E-state index contributed by atoms with van der Waals surface area (Å²) >= 11 is 0. The minimum Gasteiger partial charge on any atom is -0.0654 e. The molecule has 0 aliphatic heterocycles. The van der Waals surface area contributed by atoms with Gasteiger partial charge in [-0.25, -0.2) is 0 Å². The van der Waals surface area contributed by atoms with Crippen LogP contribution in [0.4, 0.5) is 0 Å². The molecule has 0 unspecified atom stereocenters. The van der Waals surface area contributed by atoms with Gasteiger partial charge in [0, 0.05) is 0 Å². The molecule has 2 aromatic rings. The van der Waals surface area contributed by atoms with Crippen LogP contribution in [0.1, 0.15) is 80.5 Å². The number of aryl methyl sites for hydroxylation is 2. The van der Waals surface area contributed by atoms with E-state index in [-0.39, 0.29) is 0 Å². The maximum atomic E-state index is 2.31. The monoisotopic (exact) mass is 310 g/mol. The number of fused-ring (bicyclic) bond motifs is 1. The smallest absolute Gasteiger partial charge is 0.0146 e. The predicted octanol–water partition coefficient (Wildman–Crippen LogP) is 7.45. The highest BCUT2D eigenvalue weighted by Crippen LogP contribution is 2.30. The summed E-state index contributed by atoms with van der Waals surface area (Å²) in [5, 5.41) is 2.93. The van der Waals surface area contributed by atoms with E-state index in [2.05, 4.69) is 52.0 Å². The number of benzene rings is 2. The molecule has 0 heterocycles.